The quantitative estimate of drug-likeness (QED) is 0.815. The molecule has 114 valence electrons. The SMILES string of the molecule is Cc1cc(CC(C)N)ccc1N(CC(C)C)CC(C)C. The lowest BCUT2D eigenvalue weighted by Crippen LogP contribution is -2.31. The maximum absolute atomic E-state index is 5.89. The summed E-state index contributed by atoms with van der Waals surface area (Å²) in [5, 5.41) is 0. The topological polar surface area (TPSA) is 29.3 Å². The van der Waals surface area contributed by atoms with Crippen molar-refractivity contribution in [2.45, 2.75) is 54.0 Å². The summed E-state index contributed by atoms with van der Waals surface area (Å²) >= 11 is 0. The zero-order chi connectivity index (χ0) is 15.3. The molecule has 0 saturated carbocycles. The Bertz CT molecular complexity index is 398. The van der Waals surface area contributed by atoms with Gasteiger partial charge < -0.3 is 10.6 Å². The molecule has 1 atom stereocenters. The molecule has 0 heterocycles. The van der Waals surface area contributed by atoms with Crippen LogP contribution >= 0.6 is 0 Å². The van der Waals surface area contributed by atoms with Crippen LogP contribution in [0.4, 0.5) is 5.69 Å². The monoisotopic (exact) mass is 276 g/mol. The Balaban J connectivity index is 2.95. The van der Waals surface area contributed by atoms with E-state index in [0.717, 1.165) is 19.5 Å². The fraction of sp³-hybridized carbons (Fsp3) is 0.667. The molecule has 0 aromatic heterocycles. The van der Waals surface area contributed by atoms with E-state index in [1.54, 1.807) is 0 Å². The summed E-state index contributed by atoms with van der Waals surface area (Å²) in [6, 6.07) is 7.03. The van der Waals surface area contributed by atoms with Crippen molar-refractivity contribution in [3.8, 4) is 0 Å². The van der Waals surface area contributed by atoms with Crippen LogP contribution in [0, 0.1) is 18.8 Å². The van der Waals surface area contributed by atoms with E-state index in [4.69, 9.17) is 5.73 Å². The normalized spacial score (nSPS) is 13.1. The van der Waals surface area contributed by atoms with Crippen LogP contribution in [0.15, 0.2) is 18.2 Å². The van der Waals surface area contributed by atoms with Gasteiger partial charge in [-0.25, -0.2) is 0 Å². The minimum Gasteiger partial charge on any atom is -0.371 e. The van der Waals surface area contributed by atoms with E-state index in [1.165, 1.54) is 16.8 Å². The molecule has 20 heavy (non-hydrogen) atoms. The first kappa shape index (κ1) is 17.0. The second-order valence-corrected chi connectivity index (χ2v) is 6.99. The molecule has 1 rings (SSSR count). The Morgan fingerprint density at radius 1 is 1.00 bits per heavy atom. The van der Waals surface area contributed by atoms with E-state index in [0.29, 0.717) is 11.8 Å². The number of nitrogens with two attached hydrogens (primary N) is 1. The number of aryl methyl sites for hydroxylation is 1. The van der Waals surface area contributed by atoms with Gasteiger partial charge in [0.1, 0.15) is 0 Å². The van der Waals surface area contributed by atoms with Gasteiger partial charge in [0.05, 0.1) is 0 Å². The predicted octanol–water partition coefficient (Wildman–Crippen LogP) is 4.00. The molecule has 0 radical (unpaired) electrons. The summed E-state index contributed by atoms with van der Waals surface area (Å²) in [6.45, 7) is 15.7. The molecule has 0 fully saturated rings. The van der Waals surface area contributed by atoms with Crippen LogP contribution in [-0.4, -0.2) is 19.1 Å². The van der Waals surface area contributed by atoms with Gasteiger partial charge in [0.15, 0.2) is 0 Å². The Morgan fingerprint density at radius 2 is 1.55 bits per heavy atom. The van der Waals surface area contributed by atoms with Crippen molar-refractivity contribution < 1.29 is 0 Å². The molecular formula is C18H32N2. The molecule has 1 unspecified atom stereocenters. The van der Waals surface area contributed by atoms with Gasteiger partial charge in [-0.2, -0.15) is 0 Å². The fourth-order valence-electron chi connectivity index (χ4n) is 2.72. The van der Waals surface area contributed by atoms with Crippen LogP contribution in [-0.2, 0) is 6.42 Å². The third-order valence-corrected chi connectivity index (χ3v) is 3.33. The zero-order valence-electron chi connectivity index (χ0n) is 14.1. The lowest BCUT2D eigenvalue weighted by atomic mass is 10.0. The molecule has 2 nitrogen and oxygen atoms in total. The number of hydrogen-bond donors (Lipinski definition) is 1. The molecule has 0 amide bonds. The van der Waals surface area contributed by atoms with Gasteiger partial charge in [-0.15, -0.1) is 0 Å². The number of anilines is 1. The van der Waals surface area contributed by atoms with Gasteiger partial charge in [-0.3, -0.25) is 0 Å². The highest BCUT2D eigenvalue weighted by molar-refractivity contribution is 5.54. The summed E-state index contributed by atoms with van der Waals surface area (Å²) in [7, 11) is 0. The minimum atomic E-state index is 0.225. The van der Waals surface area contributed by atoms with E-state index in [-0.39, 0.29) is 6.04 Å². The number of hydrogen-bond acceptors (Lipinski definition) is 2. The molecule has 2 heteroatoms. The molecule has 0 aliphatic heterocycles. The maximum atomic E-state index is 5.89. The van der Waals surface area contributed by atoms with E-state index in [2.05, 4.69) is 64.6 Å². The zero-order valence-corrected chi connectivity index (χ0v) is 14.1. The Morgan fingerprint density at radius 3 is 1.95 bits per heavy atom. The van der Waals surface area contributed by atoms with Crippen LogP contribution in [0.1, 0.15) is 45.7 Å². The summed E-state index contributed by atoms with van der Waals surface area (Å²) in [5.74, 6) is 1.36. The lowest BCUT2D eigenvalue weighted by Gasteiger charge is -2.30. The van der Waals surface area contributed by atoms with Crippen molar-refractivity contribution in [1.82, 2.24) is 0 Å². The smallest absolute Gasteiger partial charge is 0.0396 e. The van der Waals surface area contributed by atoms with Gasteiger partial charge in [-0.1, -0.05) is 39.8 Å². The average Bonchev–Trinajstić information content (AvgIpc) is 2.25. The molecule has 0 saturated heterocycles. The van der Waals surface area contributed by atoms with Gasteiger partial charge >= 0.3 is 0 Å². The van der Waals surface area contributed by atoms with Gasteiger partial charge in [0.2, 0.25) is 0 Å². The second-order valence-electron chi connectivity index (χ2n) is 6.99. The predicted molar refractivity (Wildman–Crippen MR) is 90.4 cm³/mol. The highest BCUT2D eigenvalue weighted by Gasteiger charge is 2.13. The average molecular weight is 276 g/mol. The fourth-order valence-corrected chi connectivity index (χ4v) is 2.72. The Kier molecular flexibility index (Phi) is 6.54. The van der Waals surface area contributed by atoms with Crippen LogP contribution in [0.3, 0.4) is 0 Å². The molecule has 2 N–H and O–H groups in total. The van der Waals surface area contributed by atoms with Crippen molar-refractivity contribution in [3.05, 3.63) is 29.3 Å². The Labute approximate surface area is 125 Å². The van der Waals surface area contributed by atoms with Crippen molar-refractivity contribution in [2.24, 2.45) is 17.6 Å². The molecule has 1 aromatic rings. The molecule has 0 aliphatic rings. The van der Waals surface area contributed by atoms with E-state index >= 15 is 0 Å². The summed E-state index contributed by atoms with van der Waals surface area (Å²) < 4.78 is 0. The first-order valence-electron chi connectivity index (χ1n) is 7.89. The van der Waals surface area contributed by atoms with Crippen LogP contribution < -0.4 is 10.6 Å². The number of benzene rings is 1. The first-order valence-corrected chi connectivity index (χ1v) is 7.89. The van der Waals surface area contributed by atoms with Gasteiger partial charge in [-0.05, 0) is 49.3 Å². The first-order chi connectivity index (χ1) is 9.29. The lowest BCUT2D eigenvalue weighted by molar-refractivity contribution is 0.552. The van der Waals surface area contributed by atoms with Crippen LogP contribution in [0.5, 0.6) is 0 Å². The largest absolute Gasteiger partial charge is 0.371 e. The van der Waals surface area contributed by atoms with Crippen molar-refractivity contribution in [2.75, 3.05) is 18.0 Å². The summed E-state index contributed by atoms with van der Waals surface area (Å²) in [6.07, 6.45) is 0.954. The Hall–Kier alpha value is -1.02. The standard InChI is InChI=1S/C18H32N2/c1-13(2)11-20(12-14(3)4)18-8-7-17(9-15(18)5)10-16(6)19/h7-9,13-14,16H,10-12,19H2,1-6H3. The molecule has 0 spiro atoms. The highest BCUT2D eigenvalue weighted by Crippen LogP contribution is 2.24. The summed E-state index contributed by atoms with van der Waals surface area (Å²) in [4.78, 5) is 2.53. The molecule has 1 aromatic carbocycles. The van der Waals surface area contributed by atoms with E-state index in [9.17, 15) is 0 Å². The van der Waals surface area contributed by atoms with Crippen LogP contribution in [0.2, 0.25) is 0 Å². The van der Waals surface area contributed by atoms with Gasteiger partial charge in [0, 0.05) is 24.8 Å². The molecule has 0 aliphatic carbocycles. The van der Waals surface area contributed by atoms with Gasteiger partial charge in [0.25, 0.3) is 0 Å². The third kappa shape index (κ3) is 5.54. The van der Waals surface area contributed by atoms with E-state index in [1.807, 2.05) is 0 Å². The van der Waals surface area contributed by atoms with Crippen LogP contribution in [0.25, 0.3) is 0 Å². The molecular weight excluding hydrogens is 244 g/mol. The van der Waals surface area contributed by atoms with E-state index < -0.39 is 0 Å². The highest BCUT2D eigenvalue weighted by atomic mass is 15.1. The van der Waals surface area contributed by atoms with Crippen molar-refractivity contribution >= 4 is 5.69 Å². The molecule has 0 bridgehead atoms. The number of rotatable bonds is 7. The minimum absolute atomic E-state index is 0.225. The van der Waals surface area contributed by atoms with Crippen molar-refractivity contribution in [1.29, 1.82) is 0 Å². The van der Waals surface area contributed by atoms with Crippen molar-refractivity contribution in [3.63, 3.8) is 0 Å². The second kappa shape index (κ2) is 7.68. The third-order valence-electron chi connectivity index (χ3n) is 3.33. The number of nitrogens with zero attached hydrogens (tertiary/aromatic N) is 1. The summed E-state index contributed by atoms with van der Waals surface area (Å²) in [5.41, 5.74) is 9.98. The maximum Gasteiger partial charge on any atom is 0.0396 e.